The van der Waals surface area contributed by atoms with Crippen molar-refractivity contribution in [3.63, 3.8) is 0 Å². The van der Waals surface area contributed by atoms with Crippen LogP contribution in [0.25, 0.3) is 11.3 Å². The monoisotopic (exact) mass is 697 g/mol. The molecule has 0 unspecified atom stereocenters. The zero-order valence-corrected chi connectivity index (χ0v) is 28.1. The van der Waals surface area contributed by atoms with Gasteiger partial charge in [-0.25, -0.2) is 10.4 Å². The van der Waals surface area contributed by atoms with Gasteiger partial charge in [0.2, 0.25) is 0 Å². The normalized spacial score (nSPS) is 10.9. The zero-order chi connectivity index (χ0) is 32.6. The molecule has 0 atom stereocenters. The smallest absolute Gasteiger partial charge is 0.271 e. The van der Waals surface area contributed by atoms with Gasteiger partial charge in [-0.1, -0.05) is 47.5 Å². The number of hydrazone groups is 1. The molecule has 0 bridgehead atoms. The van der Waals surface area contributed by atoms with E-state index in [1.165, 1.54) is 30.2 Å². The summed E-state index contributed by atoms with van der Waals surface area (Å²) in [5.74, 6) is 0.117. The minimum Gasteiger partial charge on any atom is -0.493 e. The first-order valence-corrected chi connectivity index (χ1v) is 16.0. The van der Waals surface area contributed by atoms with E-state index in [2.05, 4.69) is 42.1 Å². The van der Waals surface area contributed by atoms with E-state index in [9.17, 15) is 9.59 Å². The van der Waals surface area contributed by atoms with Crippen LogP contribution in [0.2, 0.25) is 0 Å². The van der Waals surface area contributed by atoms with Crippen molar-refractivity contribution in [2.45, 2.75) is 20.8 Å². The number of ether oxygens (including phenoxy) is 2. The number of hydrogen-bond donors (Lipinski definition) is 3. The summed E-state index contributed by atoms with van der Waals surface area (Å²) in [5, 5.41) is 13.0. The van der Waals surface area contributed by atoms with E-state index in [0.29, 0.717) is 27.1 Å². The van der Waals surface area contributed by atoms with Crippen molar-refractivity contribution in [3.05, 3.63) is 117 Å². The van der Waals surface area contributed by atoms with E-state index >= 15 is 0 Å². The van der Waals surface area contributed by atoms with Gasteiger partial charge in [-0.2, -0.15) is 5.10 Å². The third kappa shape index (κ3) is 8.38. The summed E-state index contributed by atoms with van der Waals surface area (Å²) in [4.78, 5) is 29.9. The number of rotatable bonds is 11. The van der Waals surface area contributed by atoms with E-state index in [0.717, 1.165) is 38.9 Å². The molecule has 0 saturated carbocycles. The molecule has 0 radical (unpaired) electrons. The Kier molecular flexibility index (Phi) is 10.5. The number of nitrogens with zero attached hydrogens (tertiary/aromatic N) is 2. The number of hydrogen-bond acceptors (Lipinski definition) is 8. The molecule has 0 aliphatic heterocycles. The molecule has 0 spiro atoms. The topological polar surface area (TPSA) is 114 Å². The number of nitrogens with one attached hydrogen (secondary N) is 3. The molecule has 0 fully saturated rings. The Balaban J connectivity index is 1.16. The molecule has 1 heterocycles. The first kappa shape index (κ1) is 32.4. The van der Waals surface area contributed by atoms with Crippen LogP contribution >= 0.6 is 27.3 Å². The fraction of sp³-hybridized carbons (Fsp3) is 0.143. The molecule has 9 nitrogen and oxygen atoms in total. The maximum Gasteiger partial charge on any atom is 0.271 e. The summed E-state index contributed by atoms with van der Waals surface area (Å²) in [5.41, 5.74) is 10.4. The average molecular weight is 699 g/mol. The molecule has 0 aliphatic rings. The molecule has 234 valence electrons. The number of benzene rings is 4. The third-order valence-electron chi connectivity index (χ3n) is 6.88. The number of halogens is 1. The lowest BCUT2D eigenvalue weighted by Gasteiger charge is -2.14. The third-order valence-corrected chi connectivity index (χ3v) is 8.23. The lowest BCUT2D eigenvalue weighted by atomic mass is 10.1. The van der Waals surface area contributed by atoms with Crippen LogP contribution in [0.3, 0.4) is 0 Å². The molecule has 3 N–H and O–H groups in total. The summed E-state index contributed by atoms with van der Waals surface area (Å²) in [6.45, 7) is 5.77. The highest BCUT2D eigenvalue weighted by molar-refractivity contribution is 9.10. The number of anilines is 3. The Morgan fingerprint density at radius 3 is 2.41 bits per heavy atom. The second kappa shape index (κ2) is 14.9. The summed E-state index contributed by atoms with van der Waals surface area (Å²) in [6.07, 6.45) is 1.49. The number of aryl methyl sites for hydroxylation is 3. The number of methoxy groups -OCH3 is 1. The molecule has 5 rings (SSSR count). The number of aromatic nitrogens is 1. The first-order valence-electron chi connectivity index (χ1n) is 14.3. The Morgan fingerprint density at radius 2 is 1.70 bits per heavy atom. The lowest BCUT2D eigenvalue weighted by molar-refractivity contribution is -0.118. The van der Waals surface area contributed by atoms with Crippen molar-refractivity contribution in [2.75, 3.05) is 24.4 Å². The van der Waals surface area contributed by atoms with Crippen LogP contribution in [0.1, 0.15) is 32.6 Å². The van der Waals surface area contributed by atoms with Gasteiger partial charge in [0.1, 0.15) is 0 Å². The lowest BCUT2D eigenvalue weighted by Crippen LogP contribution is -2.21. The van der Waals surface area contributed by atoms with E-state index in [1.54, 1.807) is 24.3 Å². The summed E-state index contributed by atoms with van der Waals surface area (Å²) in [7, 11) is 1.50. The minimum atomic E-state index is -0.358. The van der Waals surface area contributed by atoms with E-state index in [1.807, 2.05) is 80.7 Å². The van der Waals surface area contributed by atoms with Gasteiger partial charge in [0.05, 0.1) is 23.5 Å². The summed E-state index contributed by atoms with van der Waals surface area (Å²) < 4.78 is 11.8. The molecule has 0 saturated heterocycles. The van der Waals surface area contributed by atoms with Crippen LogP contribution in [0.15, 0.2) is 93.8 Å². The molecule has 2 amide bonds. The van der Waals surface area contributed by atoms with E-state index < -0.39 is 0 Å². The van der Waals surface area contributed by atoms with Crippen molar-refractivity contribution in [1.82, 2.24) is 10.4 Å². The molecular formula is C35H32BrN5O4S. The highest BCUT2D eigenvalue weighted by Gasteiger charge is 2.14. The molecule has 5 aromatic rings. The number of carbonyl (C=O) groups is 2. The van der Waals surface area contributed by atoms with E-state index in [-0.39, 0.29) is 18.4 Å². The van der Waals surface area contributed by atoms with Crippen molar-refractivity contribution in [1.29, 1.82) is 0 Å². The van der Waals surface area contributed by atoms with Gasteiger partial charge < -0.3 is 20.1 Å². The molecule has 46 heavy (non-hydrogen) atoms. The van der Waals surface area contributed by atoms with Gasteiger partial charge in [-0.15, -0.1) is 11.3 Å². The largest absolute Gasteiger partial charge is 0.493 e. The average Bonchev–Trinajstić information content (AvgIpc) is 3.51. The molecule has 4 aromatic carbocycles. The summed E-state index contributed by atoms with van der Waals surface area (Å²) in [6, 6.07) is 24.5. The van der Waals surface area contributed by atoms with Gasteiger partial charge >= 0.3 is 0 Å². The molecule has 11 heteroatoms. The fourth-order valence-electron chi connectivity index (χ4n) is 4.48. The summed E-state index contributed by atoms with van der Waals surface area (Å²) >= 11 is 5.00. The Morgan fingerprint density at radius 1 is 0.957 bits per heavy atom. The number of thiazole rings is 1. The minimum absolute atomic E-state index is 0.210. The highest BCUT2D eigenvalue weighted by atomic mass is 79.9. The SMILES string of the molecule is COc1cc(/C=N/NC(=O)c2ccc(-c3csc(Nc4ccc(C)cc4)n3)cc2)cc(Br)c1OCC(=O)Nc1ccc(C)cc1C. The highest BCUT2D eigenvalue weighted by Crippen LogP contribution is 2.36. The van der Waals surface area contributed by atoms with Crippen LogP contribution in [0.5, 0.6) is 11.5 Å². The van der Waals surface area contributed by atoms with Crippen molar-refractivity contribution in [2.24, 2.45) is 5.10 Å². The van der Waals surface area contributed by atoms with Gasteiger partial charge in [0.15, 0.2) is 23.2 Å². The predicted octanol–water partition coefficient (Wildman–Crippen LogP) is 8.03. The zero-order valence-electron chi connectivity index (χ0n) is 25.7. The predicted molar refractivity (Wildman–Crippen MR) is 188 cm³/mol. The molecule has 0 aliphatic carbocycles. The fourth-order valence-corrected chi connectivity index (χ4v) is 5.79. The molecular weight excluding hydrogens is 666 g/mol. The number of amides is 2. The van der Waals surface area contributed by atoms with Gasteiger partial charge in [-0.05, 0) is 90.3 Å². The first-order chi connectivity index (χ1) is 22.2. The van der Waals surface area contributed by atoms with Crippen molar-refractivity contribution >= 4 is 61.8 Å². The van der Waals surface area contributed by atoms with E-state index in [4.69, 9.17) is 9.47 Å². The van der Waals surface area contributed by atoms with Gasteiger partial charge in [0, 0.05) is 27.9 Å². The van der Waals surface area contributed by atoms with Gasteiger partial charge in [0.25, 0.3) is 11.8 Å². The van der Waals surface area contributed by atoms with Crippen LogP contribution in [-0.2, 0) is 4.79 Å². The quantitative estimate of drug-likeness (QED) is 0.0951. The second-order valence-corrected chi connectivity index (χ2v) is 12.2. The Bertz CT molecular complexity index is 1890. The van der Waals surface area contributed by atoms with Crippen LogP contribution < -0.4 is 25.5 Å². The molecule has 1 aromatic heterocycles. The van der Waals surface area contributed by atoms with Crippen LogP contribution in [-0.4, -0.2) is 36.7 Å². The van der Waals surface area contributed by atoms with Crippen molar-refractivity contribution < 1.29 is 19.1 Å². The number of carbonyl (C=O) groups excluding carboxylic acids is 2. The Labute approximate surface area is 279 Å². The Hall–Kier alpha value is -5.00. The second-order valence-electron chi connectivity index (χ2n) is 10.5. The van der Waals surface area contributed by atoms with Crippen LogP contribution in [0, 0.1) is 20.8 Å². The maximum atomic E-state index is 12.7. The van der Waals surface area contributed by atoms with Crippen molar-refractivity contribution in [3.8, 4) is 22.8 Å². The van der Waals surface area contributed by atoms with Crippen LogP contribution in [0.4, 0.5) is 16.5 Å². The standard InChI is InChI=1S/C35H32BrN5O4S/c1-21-5-12-27(13-6-21)38-35-40-30(20-46-35)25-8-10-26(11-9-25)34(43)41-37-18-24-16-28(36)33(31(17-24)44-4)45-19-32(42)39-29-14-7-22(2)15-23(29)3/h5-18,20H,19H2,1-4H3,(H,38,40)(H,39,42)(H,41,43)/b37-18+. The maximum absolute atomic E-state index is 12.7. The van der Waals surface area contributed by atoms with Gasteiger partial charge in [-0.3, -0.25) is 9.59 Å².